The van der Waals surface area contributed by atoms with Crippen LogP contribution in [0.15, 0.2) is 33.9 Å². The molecule has 1 aromatic heterocycles. The molecule has 0 bridgehead atoms. The van der Waals surface area contributed by atoms with E-state index in [9.17, 15) is 4.39 Å². The van der Waals surface area contributed by atoms with Crippen molar-refractivity contribution in [3.05, 3.63) is 50.1 Å². The number of aryl methyl sites for hydroxylation is 1. The van der Waals surface area contributed by atoms with Gasteiger partial charge in [-0.1, -0.05) is 22.0 Å². The molecule has 22 heavy (non-hydrogen) atoms. The van der Waals surface area contributed by atoms with Crippen LogP contribution in [0.2, 0.25) is 0 Å². The van der Waals surface area contributed by atoms with E-state index >= 15 is 0 Å². The topological polar surface area (TPSA) is 49.3 Å². The molecule has 7 heteroatoms. The fourth-order valence-corrected chi connectivity index (χ4v) is 2.99. The Labute approximate surface area is 142 Å². The fraction of sp³-hybridized carbons (Fsp3) is 0.333. The van der Waals surface area contributed by atoms with E-state index in [1.54, 1.807) is 24.5 Å². The molecule has 0 radical (unpaired) electrons. The summed E-state index contributed by atoms with van der Waals surface area (Å²) >= 11 is 4.94. The van der Waals surface area contributed by atoms with E-state index in [0.717, 1.165) is 22.4 Å². The van der Waals surface area contributed by atoms with Crippen LogP contribution in [0.1, 0.15) is 15.4 Å². The Bertz CT molecular complexity index is 657. The summed E-state index contributed by atoms with van der Waals surface area (Å²) in [5.74, 6) is 0.409. The van der Waals surface area contributed by atoms with Crippen LogP contribution in [-0.4, -0.2) is 24.5 Å². The molecule has 4 nitrogen and oxygen atoms in total. The minimum Gasteiger partial charge on any atom is -0.356 e. The maximum atomic E-state index is 13.7. The number of guanidine groups is 1. The van der Waals surface area contributed by atoms with Crippen molar-refractivity contribution in [3.63, 3.8) is 0 Å². The van der Waals surface area contributed by atoms with Crippen LogP contribution in [-0.2, 0) is 13.0 Å². The summed E-state index contributed by atoms with van der Waals surface area (Å²) in [6.07, 6.45) is 2.72. The minimum absolute atomic E-state index is 0.240. The number of thiazole rings is 1. The normalized spacial score (nSPS) is 11.5. The first kappa shape index (κ1) is 16.9. The summed E-state index contributed by atoms with van der Waals surface area (Å²) in [7, 11) is 1.70. The van der Waals surface area contributed by atoms with E-state index in [2.05, 4.69) is 36.5 Å². The number of hydrogen-bond acceptors (Lipinski definition) is 3. The maximum absolute atomic E-state index is 13.7. The highest BCUT2D eigenvalue weighted by Gasteiger charge is 2.05. The largest absolute Gasteiger partial charge is 0.356 e. The highest BCUT2D eigenvalue weighted by molar-refractivity contribution is 9.10. The van der Waals surface area contributed by atoms with E-state index < -0.39 is 0 Å². The molecule has 0 aliphatic carbocycles. The first-order chi connectivity index (χ1) is 10.6. The molecule has 0 fully saturated rings. The molecule has 0 unspecified atom stereocenters. The van der Waals surface area contributed by atoms with Gasteiger partial charge in [0.2, 0.25) is 0 Å². The third-order valence-corrected chi connectivity index (χ3v) is 4.45. The Morgan fingerprint density at radius 2 is 2.23 bits per heavy atom. The highest BCUT2D eigenvalue weighted by Crippen LogP contribution is 2.15. The van der Waals surface area contributed by atoms with E-state index in [0.29, 0.717) is 18.1 Å². The number of aromatic nitrogens is 1. The maximum Gasteiger partial charge on any atom is 0.191 e. The van der Waals surface area contributed by atoms with Gasteiger partial charge in [-0.25, -0.2) is 9.37 Å². The van der Waals surface area contributed by atoms with Crippen molar-refractivity contribution in [2.75, 3.05) is 13.6 Å². The van der Waals surface area contributed by atoms with Crippen molar-refractivity contribution < 1.29 is 4.39 Å². The third-order valence-electron chi connectivity index (χ3n) is 2.99. The molecular formula is C15H18BrFN4S. The molecule has 0 saturated heterocycles. The molecule has 0 amide bonds. The molecule has 118 valence electrons. The second kappa shape index (κ2) is 8.24. The zero-order valence-corrected chi connectivity index (χ0v) is 14.9. The molecule has 2 N–H and O–H groups in total. The van der Waals surface area contributed by atoms with E-state index in [1.165, 1.54) is 10.9 Å². The molecule has 2 rings (SSSR count). The number of nitrogens with one attached hydrogen (secondary N) is 2. The average molecular weight is 385 g/mol. The lowest BCUT2D eigenvalue weighted by Crippen LogP contribution is -2.38. The summed E-state index contributed by atoms with van der Waals surface area (Å²) in [6, 6.07) is 5.02. The molecule has 0 saturated carbocycles. The summed E-state index contributed by atoms with van der Waals surface area (Å²) in [6.45, 7) is 3.16. The molecular weight excluding hydrogens is 367 g/mol. The number of halogens is 2. The van der Waals surface area contributed by atoms with Gasteiger partial charge in [-0.2, -0.15) is 0 Å². The Morgan fingerprint density at radius 1 is 1.41 bits per heavy atom. The Morgan fingerprint density at radius 3 is 2.86 bits per heavy atom. The van der Waals surface area contributed by atoms with Crippen LogP contribution >= 0.6 is 27.3 Å². The summed E-state index contributed by atoms with van der Waals surface area (Å²) in [4.78, 5) is 9.66. The van der Waals surface area contributed by atoms with Gasteiger partial charge in [0.1, 0.15) is 5.82 Å². The zero-order valence-electron chi connectivity index (χ0n) is 12.5. The number of aliphatic imine (C=N–C) groups is 1. The van der Waals surface area contributed by atoms with Gasteiger partial charge in [0.25, 0.3) is 0 Å². The van der Waals surface area contributed by atoms with Gasteiger partial charge in [-0.3, -0.25) is 4.99 Å². The third kappa shape index (κ3) is 5.06. The van der Waals surface area contributed by atoms with Crippen LogP contribution in [0.25, 0.3) is 0 Å². The summed E-state index contributed by atoms with van der Waals surface area (Å²) < 4.78 is 14.5. The van der Waals surface area contributed by atoms with Gasteiger partial charge >= 0.3 is 0 Å². The quantitative estimate of drug-likeness (QED) is 0.614. The summed E-state index contributed by atoms with van der Waals surface area (Å²) in [5, 5.41) is 7.40. The molecule has 0 spiro atoms. The second-order valence-corrected chi connectivity index (χ2v) is 6.94. The molecule has 0 atom stereocenters. The van der Waals surface area contributed by atoms with E-state index in [1.807, 2.05) is 19.2 Å². The van der Waals surface area contributed by atoms with Crippen LogP contribution in [0.3, 0.4) is 0 Å². The fourth-order valence-electron chi connectivity index (χ4n) is 1.87. The van der Waals surface area contributed by atoms with Gasteiger partial charge in [0.15, 0.2) is 5.96 Å². The van der Waals surface area contributed by atoms with E-state index in [4.69, 9.17) is 0 Å². The monoisotopic (exact) mass is 384 g/mol. The first-order valence-corrected chi connectivity index (χ1v) is 8.49. The number of nitrogens with zero attached hydrogens (tertiary/aromatic N) is 2. The number of hydrogen-bond donors (Lipinski definition) is 2. The summed E-state index contributed by atoms with van der Waals surface area (Å²) in [5.41, 5.74) is 0.599. The first-order valence-electron chi connectivity index (χ1n) is 6.88. The molecule has 0 aliphatic heterocycles. The number of rotatable bonds is 5. The van der Waals surface area contributed by atoms with Gasteiger partial charge < -0.3 is 10.6 Å². The van der Waals surface area contributed by atoms with Crippen molar-refractivity contribution in [2.24, 2.45) is 4.99 Å². The minimum atomic E-state index is -0.240. The lowest BCUT2D eigenvalue weighted by molar-refractivity contribution is 0.604. The average Bonchev–Trinajstić information content (AvgIpc) is 2.89. The van der Waals surface area contributed by atoms with Crippen LogP contribution in [0, 0.1) is 12.7 Å². The zero-order chi connectivity index (χ0) is 15.9. The highest BCUT2D eigenvalue weighted by atomic mass is 79.9. The molecule has 1 aromatic carbocycles. The van der Waals surface area contributed by atoms with Crippen LogP contribution in [0.5, 0.6) is 0 Å². The van der Waals surface area contributed by atoms with Gasteiger partial charge in [-0.15, -0.1) is 11.3 Å². The predicted octanol–water partition coefficient (Wildman–Crippen LogP) is 3.26. The van der Waals surface area contributed by atoms with E-state index in [-0.39, 0.29) is 5.82 Å². The van der Waals surface area contributed by atoms with Crippen molar-refractivity contribution in [1.29, 1.82) is 0 Å². The van der Waals surface area contributed by atoms with Gasteiger partial charge in [-0.05, 0) is 19.1 Å². The SMILES string of the molecule is CN=C(NCCc1ncc(C)s1)NCc1ccc(Br)cc1F. The Hall–Kier alpha value is -1.47. The van der Waals surface area contributed by atoms with Crippen molar-refractivity contribution >= 4 is 33.2 Å². The van der Waals surface area contributed by atoms with Crippen LogP contribution < -0.4 is 10.6 Å². The van der Waals surface area contributed by atoms with Gasteiger partial charge in [0.05, 0.1) is 5.01 Å². The lowest BCUT2D eigenvalue weighted by atomic mass is 10.2. The van der Waals surface area contributed by atoms with Gasteiger partial charge in [0, 0.05) is 47.7 Å². The standard InChI is InChI=1S/C15H18BrFN4S/c1-10-8-20-14(22-10)5-6-19-15(18-2)21-9-11-3-4-12(16)7-13(11)17/h3-4,7-8H,5-6,9H2,1-2H3,(H2,18,19,21). The smallest absolute Gasteiger partial charge is 0.191 e. The molecule has 2 aromatic rings. The Balaban J connectivity index is 1.80. The molecule has 1 heterocycles. The van der Waals surface area contributed by atoms with Crippen LogP contribution in [0.4, 0.5) is 4.39 Å². The Kier molecular flexibility index (Phi) is 6.33. The lowest BCUT2D eigenvalue weighted by Gasteiger charge is -2.12. The molecule has 0 aliphatic rings. The van der Waals surface area contributed by atoms with Crippen molar-refractivity contribution in [3.8, 4) is 0 Å². The number of benzene rings is 1. The predicted molar refractivity (Wildman–Crippen MR) is 92.9 cm³/mol. The van der Waals surface area contributed by atoms with Crippen molar-refractivity contribution in [1.82, 2.24) is 15.6 Å². The van der Waals surface area contributed by atoms with Crippen molar-refractivity contribution in [2.45, 2.75) is 19.9 Å². The second-order valence-electron chi connectivity index (χ2n) is 4.70.